The van der Waals surface area contributed by atoms with Crippen LogP contribution >= 0.6 is 0 Å². The second-order valence-corrected chi connectivity index (χ2v) is 3.92. The predicted octanol–water partition coefficient (Wildman–Crippen LogP) is 1.06. The molecule has 1 aliphatic carbocycles. The van der Waals surface area contributed by atoms with Gasteiger partial charge < -0.3 is 10.4 Å². The SMILES string of the molecule is CC[C@H](C)C(=O)NC1CCCC1O. The maximum absolute atomic E-state index is 11.5. The van der Waals surface area contributed by atoms with Crippen molar-refractivity contribution in [2.45, 2.75) is 51.7 Å². The van der Waals surface area contributed by atoms with Crippen LogP contribution in [-0.4, -0.2) is 23.2 Å². The molecular formula is C10H19NO2. The molecule has 1 saturated carbocycles. The molecule has 0 saturated heterocycles. The second-order valence-electron chi connectivity index (χ2n) is 3.92. The number of rotatable bonds is 3. The van der Waals surface area contributed by atoms with E-state index in [0.29, 0.717) is 0 Å². The Kier molecular flexibility index (Phi) is 3.72. The van der Waals surface area contributed by atoms with Crippen LogP contribution in [0.2, 0.25) is 0 Å². The third-order valence-electron chi connectivity index (χ3n) is 2.87. The molecule has 1 aliphatic rings. The van der Waals surface area contributed by atoms with Crippen molar-refractivity contribution >= 4 is 5.91 Å². The maximum Gasteiger partial charge on any atom is 0.223 e. The highest BCUT2D eigenvalue weighted by molar-refractivity contribution is 5.78. The van der Waals surface area contributed by atoms with Gasteiger partial charge >= 0.3 is 0 Å². The van der Waals surface area contributed by atoms with Gasteiger partial charge in [-0.1, -0.05) is 13.8 Å². The van der Waals surface area contributed by atoms with Gasteiger partial charge in [-0.15, -0.1) is 0 Å². The van der Waals surface area contributed by atoms with Crippen LogP contribution in [-0.2, 0) is 4.79 Å². The van der Waals surface area contributed by atoms with E-state index in [0.717, 1.165) is 25.7 Å². The van der Waals surface area contributed by atoms with Gasteiger partial charge in [0.05, 0.1) is 12.1 Å². The summed E-state index contributed by atoms with van der Waals surface area (Å²) in [6, 6.07) is 0.00139. The summed E-state index contributed by atoms with van der Waals surface area (Å²) < 4.78 is 0. The monoisotopic (exact) mass is 185 g/mol. The molecule has 2 N–H and O–H groups in total. The lowest BCUT2D eigenvalue weighted by atomic mass is 10.1. The molecule has 1 rings (SSSR count). The molecule has 3 atom stereocenters. The smallest absolute Gasteiger partial charge is 0.223 e. The number of amides is 1. The van der Waals surface area contributed by atoms with Crippen LogP contribution < -0.4 is 5.32 Å². The third kappa shape index (κ3) is 2.69. The van der Waals surface area contributed by atoms with Crippen LogP contribution in [0.3, 0.4) is 0 Å². The van der Waals surface area contributed by atoms with Crippen LogP contribution in [0.1, 0.15) is 39.5 Å². The standard InChI is InChI=1S/C10H19NO2/c1-3-7(2)10(13)11-8-5-4-6-9(8)12/h7-9,12H,3-6H2,1-2H3,(H,11,13)/t7-,8?,9?/m0/s1. The largest absolute Gasteiger partial charge is 0.391 e. The lowest BCUT2D eigenvalue weighted by molar-refractivity contribution is -0.125. The first-order valence-electron chi connectivity index (χ1n) is 5.13. The minimum Gasteiger partial charge on any atom is -0.391 e. The number of hydrogen-bond acceptors (Lipinski definition) is 2. The summed E-state index contributed by atoms with van der Waals surface area (Å²) in [4.78, 5) is 11.5. The second kappa shape index (κ2) is 4.61. The fraction of sp³-hybridized carbons (Fsp3) is 0.900. The minimum absolute atomic E-state index is 0.00139. The molecule has 0 radical (unpaired) electrons. The molecule has 3 heteroatoms. The van der Waals surface area contributed by atoms with E-state index in [1.54, 1.807) is 0 Å². The van der Waals surface area contributed by atoms with Crippen LogP contribution in [0.15, 0.2) is 0 Å². The van der Waals surface area contributed by atoms with Crippen molar-refractivity contribution in [3.8, 4) is 0 Å². The normalized spacial score (nSPS) is 30.1. The van der Waals surface area contributed by atoms with Gasteiger partial charge in [-0.2, -0.15) is 0 Å². The molecule has 1 amide bonds. The fourth-order valence-corrected chi connectivity index (χ4v) is 1.62. The zero-order chi connectivity index (χ0) is 9.84. The van der Waals surface area contributed by atoms with Gasteiger partial charge in [0.1, 0.15) is 0 Å². The number of aliphatic hydroxyl groups is 1. The highest BCUT2D eigenvalue weighted by atomic mass is 16.3. The summed E-state index contributed by atoms with van der Waals surface area (Å²) in [5, 5.41) is 12.4. The summed E-state index contributed by atoms with van der Waals surface area (Å²) in [6.45, 7) is 3.91. The highest BCUT2D eigenvalue weighted by Crippen LogP contribution is 2.19. The number of aliphatic hydroxyl groups excluding tert-OH is 1. The summed E-state index contributed by atoms with van der Waals surface area (Å²) in [5.74, 6) is 0.140. The number of hydrogen-bond donors (Lipinski definition) is 2. The van der Waals surface area contributed by atoms with Crippen molar-refractivity contribution in [2.24, 2.45) is 5.92 Å². The van der Waals surface area contributed by atoms with Crippen molar-refractivity contribution < 1.29 is 9.90 Å². The summed E-state index contributed by atoms with van der Waals surface area (Å²) in [5.41, 5.74) is 0. The zero-order valence-electron chi connectivity index (χ0n) is 8.42. The molecule has 1 fully saturated rings. The Bertz CT molecular complexity index is 182. The minimum atomic E-state index is -0.326. The van der Waals surface area contributed by atoms with E-state index in [-0.39, 0.29) is 24.0 Å². The lowest BCUT2D eigenvalue weighted by Crippen LogP contribution is -2.42. The van der Waals surface area contributed by atoms with E-state index in [2.05, 4.69) is 5.32 Å². The molecule has 0 aromatic rings. The van der Waals surface area contributed by atoms with Crippen molar-refractivity contribution in [3.63, 3.8) is 0 Å². The Labute approximate surface area is 79.5 Å². The topological polar surface area (TPSA) is 49.3 Å². The molecule has 13 heavy (non-hydrogen) atoms. The van der Waals surface area contributed by atoms with E-state index in [9.17, 15) is 9.90 Å². The third-order valence-corrected chi connectivity index (χ3v) is 2.87. The average Bonchev–Trinajstić information content (AvgIpc) is 2.50. The van der Waals surface area contributed by atoms with Gasteiger partial charge in [0.15, 0.2) is 0 Å². The first-order chi connectivity index (χ1) is 6.15. The summed E-state index contributed by atoms with van der Waals surface area (Å²) in [6.07, 6.45) is 3.30. The molecule has 0 aromatic carbocycles. The van der Waals surface area contributed by atoms with Gasteiger partial charge in [-0.05, 0) is 25.7 Å². The molecule has 2 unspecified atom stereocenters. The Morgan fingerprint density at radius 2 is 2.31 bits per heavy atom. The van der Waals surface area contributed by atoms with E-state index in [1.807, 2.05) is 13.8 Å². The fourth-order valence-electron chi connectivity index (χ4n) is 1.62. The molecule has 0 aromatic heterocycles. The average molecular weight is 185 g/mol. The van der Waals surface area contributed by atoms with Crippen molar-refractivity contribution in [1.82, 2.24) is 5.32 Å². The molecule has 0 heterocycles. The van der Waals surface area contributed by atoms with Crippen molar-refractivity contribution in [3.05, 3.63) is 0 Å². The Morgan fingerprint density at radius 3 is 2.77 bits per heavy atom. The molecule has 3 nitrogen and oxygen atoms in total. The van der Waals surface area contributed by atoms with Crippen molar-refractivity contribution in [1.29, 1.82) is 0 Å². The number of carbonyl (C=O) groups is 1. The van der Waals surface area contributed by atoms with Gasteiger partial charge in [0.25, 0.3) is 0 Å². The Morgan fingerprint density at radius 1 is 1.62 bits per heavy atom. The zero-order valence-corrected chi connectivity index (χ0v) is 8.42. The lowest BCUT2D eigenvalue weighted by Gasteiger charge is -2.18. The molecule has 0 aliphatic heterocycles. The molecule has 76 valence electrons. The summed E-state index contributed by atoms with van der Waals surface area (Å²) in [7, 11) is 0. The predicted molar refractivity (Wildman–Crippen MR) is 51.2 cm³/mol. The summed E-state index contributed by atoms with van der Waals surface area (Å²) >= 11 is 0. The number of nitrogens with one attached hydrogen (secondary N) is 1. The van der Waals surface area contributed by atoms with Crippen molar-refractivity contribution in [2.75, 3.05) is 0 Å². The molecule has 0 bridgehead atoms. The van der Waals surface area contributed by atoms with E-state index in [1.165, 1.54) is 0 Å². The van der Waals surface area contributed by atoms with Crippen LogP contribution in [0.25, 0.3) is 0 Å². The first-order valence-corrected chi connectivity index (χ1v) is 5.13. The Balaban J connectivity index is 2.35. The molecular weight excluding hydrogens is 166 g/mol. The van der Waals surface area contributed by atoms with Gasteiger partial charge in [0.2, 0.25) is 5.91 Å². The molecule has 0 spiro atoms. The number of carbonyl (C=O) groups excluding carboxylic acids is 1. The first kappa shape index (κ1) is 10.5. The van der Waals surface area contributed by atoms with Gasteiger partial charge in [0, 0.05) is 5.92 Å². The maximum atomic E-state index is 11.5. The Hall–Kier alpha value is -0.570. The quantitative estimate of drug-likeness (QED) is 0.690. The van der Waals surface area contributed by atoms with E-state index in [4.69, 9.17) is 0 Å². The van der Waals surface area contributed by atoms with Crippen LogP contribution in [0.5, 0.6) is 0 Å². The van der Waals surface area contributed by atoms with Gasteiger partial charge in [-0.25, -0.2) is 0 Å². The van der Waals surface area contributed by atoms with E-state index >= 15 is 0 Å². The van der Waals surface area contributed by atoms with Crippen LogP contribution in [0, 0.1) is 5.92 Å². The highest BCUT2D eigenvalue weighted by Gasteiger charge is 2.27. The van der Waals surface area contributed by atoms with E-state index < -0.39 is 0 Å². The van der Waals surface area contributed by atoms with Crippen LogP contribution in [0.4, 0.5) is 0 Å². The van der Waals surface area contributed by atoms with Gasteiger partial charge in [-0.3, -0.25) is 4.79 Å².